The molecule has 12 heteroatoms. The van der Waals surface area contributed by atoms with Crippen molar-refractivity contribution < 1.29 is 23.7 Å². The van der Waals surface area contributed by atoms with E-state index in [1.165, 1.54) is 6.92 Å². The predicted molar refractivity (Wildman–Crippen MR) is 177 cm³/mol. The molecule has 3 saturated carbocycles. The van der Waals surface area contributed by atoms with Crippen molar-refractivity contribution in [2.24, 2.45) is 17.3 Å². The van der Waals surface area contributed by atoms with Crippen molar-refractivity contribution in [1.29, 1.82) is 0 Å². The lowest BCUT2D eigenvalue weighted by atomic mass is 9.43. The van der Waals surface area contributed by atoms with E-state index in [4.69, 9.17) is 9.31 Å². The Balaban J connectivity index is 1.15. The summed E-state index contributed by atoms with van der Waals surface area (Å²) in [6.45, 7) is 8.74. The summed E-state index contributed by atoms with van der Waals surface area (Å²) in [4.78, 5) is 50.3. The molecule has 3 aliphatic carbocycles. The quantitative estimate of drug-likeness (QED) is 0.154. The minimum Gasteiger partial charge on any atom is -0.404 e. The molecule has 7 atom stereocenters. The fourth-order valence-electron chi connectivity index (χ4n) is 8.25. The molecule has 1 aromatic carbocycles. The zero-order chi connectivity index (χ0) is 32.5. The first-order valence-corrected chi connectivity index (χ1v) is 17.7. The zero-order valence-corrected chi connectivity index (χ0v) is 28.1. The molecule has 2 unspecified atom stereocenters. The van der Waals surface area contributed by atoms with Gasteiger partial charge in [0.05, 0.1) is 17.6 Å². The summed E-state index contributed by atoms with van der Waals surface area (Å²) >= 11 is 1.58. The SMILES string of the molecule is CC(=O)N[C@H](Cc1ccccc1)C(=O)N1CCC[C@H]1C(=O)N[C@@H](CCCSc1ncccn1)B1O[C@@H]2CC3CC(C3(C)C)[C@]2(C)O1. The van der Waals surface area contributed by atoms with Crippen molar-refractivity contribution >= 4 is 36.6 Å². The van der Waals surface area contributed by atoms with Gasteiger partial charge in [0.15, 0.2) is 5.16 Å². The average Bonchev–Trinajstić information content (AvgIpc) is 3.67. The predicted octanol–water partition coefficient (Wildman–Crippen LogP) is 3.84. The molecule has 2 saturated heterocycles. The summed E-state index contributed by atoms with van der Waals surface area (Å²) in [5, 5.41) is 6.83. The Morgan fingerprint density at radius 1 is 1.09 bits per heavy atom. The van der Waals surface area contributed by atoms with Crippen molar-refractivity contribution in [3.63, 3.8) is 0 Å². The standard InChI is InChI=1S/C34H46BN5O5S/c1-22(41)38-25(19-23-11-6-5-7-12-23)31(43)40-17-8-13-26(40)30(42)39-29(14-9-18-46-32-36-15-10-16-37-32)35-44-28-21-24-20-27(33(24,2)3)34(28,4)45-35/h5-7,10-12,15-16,24-29H,8-9,13-14,17-21H2,1-4H3,(H,38,41)(H,39,42)/t24?,25-,26+,27?,28-,29+,34+/m1/s1. The van der Waals surface area contributed by atoms with E-state index in [1.54, 1.807) is 35.1 Å². The maximum Gasteiger partial charge on any atom is 0.481 e. The Hall–Kier alpha value is -2.96. The maximum atomic E-state index is 14.0. The topological polar surface area (TPSA) is 123 Å². The lowest BCUT2D eigenvalue weighted by molar-refractivity contribution is -0.199. The number of benzene rings is 1. The van der Waals surface area contributed by atoms with E-state index in [9.17, 15) is 14.4 Å². The number of carbonyl (C=O) groups is 3. The Labute approximate surface area is 276 Å². The molecular formula is C34H46BN5O5S. The van der Waals surface area contributed by atoms with Crippen LogP contribution in [0.25, 0.3) is 0 Å². The van der Waals surface area contributed by atoms with Crippen LogP contribution in [0.1, 0.15) is 71.8 Å². The highest BCUT2D eigenvalue weighted by molar-refractivity contribution is 7.99. The summed E-state index contributed by atoms with van der Waals surface area (Å²) < 4.78 is 13.4. The zero-order valence-electron chi connectivity index (χ0n) is 27.3. The molecule has 246 valence electrons. The third kappa shape index (κ3) is 6.71. The van der Waals surface area contributed by atoms with Gasteiger partial charge in [0.1, 0.15) is 12.1 Å². The fraction of sp³-hybridized carbons (Fsp3) is 0.618. The molecule has 10 nitrogen and oxygen atoms in total. The van der Waals surface area contributed by atoms with Gasteiger partial charge in [-0.05, 0) is 74.3 Å². The van der Waals surface area contributed by atoms with Crippen LogP contribution in [0.2, 0.25) is 0 Å². The summed E-state index contributed by atoms with van der Waals surface area (Å²) in [5.74, 6) is 0.732. The number of rotatable bonds is 12. The number of nitrogens with one attached hydrogen (secondary N) is 2. The number of carbonyl (C=O) groups excluding carboxylic acids is 3. The molecule has 2 bridgehead atoms. The molecule has 2 aliphatic heterocycles. The Morgan fingerprint density at radius 3 is 2.57 bits per heavy atom. The molecule has 7 rings (SSSR count). The smallest absolute Gasteiger partial charge is 0.404 e. The molecule has 2 N–H and O–H groups in total. The van der Waals surface area contributed by atoms with Gasteiger partial charge in [-0.15, -0.1) is 0 Å². The number of nitrogens with zero attached hydrogens (tertiary/aromatic N) is 3. The first-order chi connectivity index (χ1) is 22.1. The van der Waals surface area contributed by atoms with Gasteiger partial charge in [-0.2, -0.15) is 0 Å². The molecular weight excluding hydrogens is 601 g/mol. The number of aromatic nitrogens is 2. The van der Waals surface area contributed by atoms with Gasteiger partial charge in [-0.1, -0.05) is 55.9 Å². The Morgan fingerprint density at radius 2 is 1.85 bits per heavy atom. The highest BCUT2D eigenvalue weighted by Gasteiger charge is 2.68. The second-order valence-corrected chi connectivity index (χ2v) is 15.2. The highest BCUT2D eigenvalue weighted by atomic mass is 32.2. The van der Waals surface area contributed by atoms with E-state index in [0.29, 0.717) is 37.6 Å². The monoisotopic (exact) mass is 647 g/mol. The number of thioether (sulfide) groups is 1. The second-order valence-electron chi connectivity index (χ2n) is 14.1. The molecule has 5 fully saturated rings. The normalized spacial score (nSPS) is 29.0. The van der Waals surface area contributed by atoms with Crippen molar-refractivity contribution in [1.82, 2.24) is 25.5 Å². The number of hydrogen-bond donors (Lipinski definition) is 2. The van der Waals surface area contributed by atoms with Crippen LogP contribution in [0.4, 0.5) is 0 Å². The average molecular weight is 648 g/mol. The van der Waals surface area contributed by atoms with E-state index in [2.05, 4.69) is 41.4 Å². The van der Waals surface area contributed by atoms with Crippen LogP contribution in [-0.4, -0.2) is 81.7 Å². The van der Waals surface area contributed by atoms with E-state index < -0.39 is 24.8 Å². The molecule has 3 heterocycles. The van der Waals surface area contributed by atoms with Crippen LogP contribution in [0, 0.1) is 17.3 Å². The molecule has 1 aromatic heterocycles. The van der Waals surface area contributed by atoms with Crippen LogP contribution in [-0.2, 0) is 30.1 Å². The third-order valence-electron chi connectivity index (χ3n) is 10.9. The van der Waals surface area contributed by atoms with Crippen molar-refractivity contribution in [2.75, 3.05) is 12.3 Å². The minimum atomic E-state index is -0.749. The lowest BCUT2D eigenvalue weighted by Crippen LogP contribution is -2.65. The van der Waals surface area contributed by atoms with Gasteiger partial charge >= 0.3 is 7.12 Å². The van der Waals surface area contributed by atoms with Gasteiger partial charge in [0.2, 0.25) is 17.7 Å². The largest absolute Gasteiger partial charge is 0.481 e. The van der Waals surface area contributed by atoms with Gasteiger partial charge in [-0.25, -0.2) is 9.97 Å². The third-order valence-corrected chi connectivity index (χ3v) is 11.8. The molecule has 3 amide bonds. The minimum absolute atomic E-state index is 0.00160. The van der Waals surface area contributed by atoms with Crippen molar-refractivity contribution in [3.8, 4) is 0 Å². The van der Waals surface area contributed by atoms with Gasteiger partial charge in [0, 0.05) is 38.0 Å². The van der Waals surface area contributed by atoms with E-state index in [1.807, 2.05) is 30.3 Å². The summed E-state index contributed by atoms with van der Waals surface area (Å²) in [5.41, 5.74) is 0.764. The van der Waals surface area contributed by atoms with Gasteiger partial charge in [0.25, 0.3) is 0 Å². The highest BCUT2D eigenvalue weighted by Crippen LogP contribution is 2.65. The van der Waals surface area contributed by atoms with Crippen LogP contribution < -0.4 is 10.6 Å². The van der Waals surface area contributed by atoms with Crippen molar-refractivity contribution in [2.45, 2.75) is 108 Å². The van der Waals surface area contributed by atoms with E-state index in [-0.39, 0.29) is 35.2 Å². The van der Waals surface area contributed by atoms with Gasteiger partial charge in [-0.3, -0.25) is 14.4 Å². The second kappa shape index (κ2) is 13.6. The summed E-state index contributed by atoms with van der Waals surface area (Å²) in [6.07, 6.45) is 8.68. The van der Waals surface area contributed by atoms with Crippen LogP contribution in [0.5, 0.6) is 0 Å². The number of amides is 3. The van der Waals surface area contributed by atoms with Crippen molar-refractivity contribution in [3.05, 3.63) is 54.4 Å². The first kappa shape index (κ1) is 33.0. The Kier molecular flexibility index (Phi) is 9.78. The van der Waals surface area contributed by atoms with E-state index in [0.717, 1.165) is 42.2 Å². The Bertz CT molecular complexity index is 1400. The first-order valence-electron chi connectivity index (χ1n) is 16.7. The van der Waals surface area contributed by atoms with Crippen LogP contribution in [0.15, 0.2) is 53.9 Å². The molecule has 46 heavy (non-hydrogen) atoms. The van der Waals surface area contributed by atoms with Gasteiger partial charge < -0.3 is 24.8 Å². The summed E-state index contributed by atoms with van der Waals surface area (Å²) in [6, 6.07) is 10.0. The molecule has 2 aromatic rings. The van der Waals surface area contributed by atoms with Crippen LogP contribution >= 0.6 is 11.8 Å². The lowest BCUT2D eigenvalue weighted by Gasteiger charge is -2.64. The summed E-state index contributed by atoms with van der Waals surface area (Å²) in [7, 11) is -0.567. The molecule has 0 radical (unpaired) electrons. The van der Waals surface area contributed by atoms with E-state index >= 15 is 0 Å². The molecule has 5 aliphatic rings. The number of likely N-dealkylation sites (tertiary alicyclic amines) is 1. The maximum absolute atomic E-state index is 14.0. The number of hydrogen-bond acceptors (Lipinski definition) is 8. The van der Waals surface area contributed by atoms with Crippen LogP contribution in [0.3, 0.4) is 0 Å². The molecule has 0 spiro atoms. The fourth-order valence-corrected chi connectivity index (χ4v) is 9.02.